The molecule has 10 heteroatoms. The molecule has 1 aliphatic carbocycles. The highest BCUT2D eigenvalue weighted by Gasteiger charge is 2.42. The summed E-state index contributed by atoms with van der Waals surface area (Å²) in [4.78, 5) is 26.4. The van der Waals surface area contributed by atoms with E-state index in [0.717, 1.165) is 22.3 Å². The molecule has 3 aromatic rings. The summed E-state index contributed by atoms with van der Waals surface area (Å²) < 4.78 is 19.2. The van der Waals surface area contributed by atoms with E-state index in [1.165, 1.54) is 35.2 Å². The van der Waals surface area contributed by atoms with E-state index in [0.29, 0.717) is 29.9 Å². The minimum Gasteiger partial charge on any atom is -0.489 e. The van der Waals surface area contributed by atoms with Crippen molar-refractivity contribution in [1.29, 1.82) is 5.26 Å². The number of ketones is 1. The highest BCUT2D eigenvalue weighted by Crippen LogP contribution is 2.49. The zero-order valence-electron chi connectivity index (χ0n) is 22.4. The summed E-state index contributed by atoms with van der Waals surface area (Å²) in [6.45, 7) is 4.03. The van der Waals surface area contributed by atoms with Gasteiger partial charge in [-0.25, -0.2) is 4.39 Å². The third kappa shape index (κ3) is 5.14. The second-order valence-corrected chi connectivity index (χ2v) is 10.5. The summed E-state index contributed by atoms with van der Waals surface area (Å²) in [6, 6.07) is 16.0. The van der Waals surface area contributed by atoms with Crippen molar-refractivity contribution in [2.75, 3.05) is 4.90 Å². The van der Waals surface area contributed by atoms with Gasteiger partial charge < -0.3 is 10.5 Å². The number of halogens is 2. The molecule has 1 atom stereocenters. The van der Waals surface area contributed by atoms with Crippen molar-refractivity contribution in [1.82, 2.24) is 0 Å². The molecule has 0 bridgehead atoms. The molecule has 0 saturated carbocycles. The fourth-order valence-corrected chi connectivity index (χ4v) is 5.75. The summed E-state index contributed by atoms with van der Waals surface area (Å²) in [7, 11) is 0. The van der Waals surface area contributed by atoms with Gasteiger partial charge >= 0.3 is 0 Å². The van der Waals surface area contributed by atoms with E-state index in [1.807, 2.05) is 26.0 Å². The average molecular weight is 573 g/mol. The van der Waals surface area contributed by atoms with Crippen molar-refractivity contribution < 1.29 is 18.8 Å². The van der Waals surface area contributed by atoms with E-state index >= 15 is 0 Å². The molecule has 8 nitrogen and oxygen atoms in total. The number of nitro benzene ring substituents is 1. The molecule has 2 N–H and O–H groups in total. The van der Waals surface area contributed by atoms with Gasteiger partial charge in [-0.1, -0.05) is 23.7 Å². The van der Waals surface area contributed by atoms with Gasteiger partial charge in [-0.15, -0.1) is 0 Å². The van der Waals surface area contributed by atoms with Crippen LogP contribution in [0.4, 0.5) is 15.8 Å². The number of rotatable bonds is 6. The number of carbonyl (C=O) groups excluding carboxylic acids is 1. The highest BCUT2D eigenvalue weighted by atomic mass is 35.5. The van der Waals surface area contributed by atoms with Crippen LogP contribution in [-0.4, -0.2) is 10.7 Å². The Balaban J connectivity index is 1.66. The third-order valence-corrected chi connectivity index (χ3v) is 7.77. The van der Waals surface area contributed by atoms with Gasteiger partial charge in [0.15, 0.2) is 5.78 Å². The molecule has 1 aliphatic heterocycles. The summed E-state index contributed by atoms with van der Waals surface area (Å²) in [5.74, 6) is -0.727. The normalized spacial score (nSPS) is 16.9. The number of allylic oxidation sites excluding steroid dienone is 3. The van der Waals surface area contributed by atoms with E-state index in [1.54, 1.807) is 12.1 Å². The number of nitrogens with zero attached hydrogens (tertiary/aromatic N) is 3. The van der Waals surface area contributed by atoms with Crippen molar-refractivity contribution in [3.05, 3.63) is 120 Å². The number of Topliss-reactive ketones (excluding diaryl/α,β-unsaturated/α-hetero) is 1. The predicted molar refractivity (Wildman–Crippen MR) is 153 cm³/mol. The topological polar surface area (TPSA) is 122 Å². The van der Waals surface area contributed by atoms with Crippen LogP contribution < -0.4 is 15.4 Å². The van der Waals surface area contributed by atoms with Gasteiger partial charge in [0.25, 0.3) is 5.69 Å². The molecule has 2 aliphatic rings. The maximum Gasteiger partial charge on any atom is 0.294 e. The van der Waals surface area contributed by atoms with E-state index in [2.05, 4.69) is 6.07 Å². The molecule has 1 unspecified atom stereocenters. The smallest absolute Gasteiger partial charge is 0.294 e. The molecule has 0 aromatic heterocycles. The van der Waals surface area contributed by atoms with Crippen LogP contribution in [-0.2, 0) is 11.4 Å². The molecule has 1 heterocycles. The van der Waals surface area contributed by atoms with Crippen LogP contribution in [0.25, 0.3) is 0 Å². The zero-order chi connectivity index (χ0) is 29.4. The van der Waals surface area contributed by atoms with Gasteiger partial charge in [0.05, 0.1) is 22.5 Å². The first-order valence-electron chi connectivity index (χ1n) is 13.0. The lowest BCUT2D eigenvalue weighted by Crippen LogP contribution is -2.39. The quantitative estimate of drug-likeness (QED) is 0.252. The summed E-state index contributed by atoms with van der Waals surface area (Å²) in [5.41, 5.74) is 10.9. The number of hydrogen-bond acceptors (Lipinski definition) is 7. The van der Waals surface area contributed by atoms with Crippen LogP contribution in [0.2, 0.25) is 5.02 Å². The van der Waals surface area contributed by atoms with Gasteiger partial charge in [0.1, 0.15) is 29.7 Å². The molecule has 0 fully saturated rings. The van der Waals surface area contributed by atoms with Crippen molar-refractivity contribution in [2.45, 2.75) is 45.6 Å². The minimum atomic E-state index is -0.754. The van der Waals surface area contributed by atoms with Crippen LogP contribution in [0.1, 0.15) is 47.4 Å². The minimum absolute atomic E-state index is 0.0282. The van der Waals surface area contributed by atoms with E-state index < -0.39 is 10.8 Å². The lowest BCUT2D eigenvalue weighted by Gasteiger charge is -2.39. The first-order chi connectivity index (χ1) is 19.6. The van der Waals surface area contributed by atoms with Gasteiger partial charge in [-0.3, -0.25) is 19.8 Å². The zero-order valence-corrected chi connectivity index (χ0v) is 23.2. The predicted octanol–water partition coefficient (Wildman–Crippen LogP) is 6.89. The Kier molecular flexibility index (Phi) is 7.52. The lowest BCUT2D eigenvalue weighted by atomic mass is 9.74. The molecule has 3 aromatic carbocycles. The van der Waals surface area contributed by atoms with E-state index in [9.17, 15) is 24.6 Å². The van der Waals surface area contributed by atoms with Crippen molar-refractivity contribution >= 4 is 28.8 Å². The van der Waals surface area contributed by atoms with Crippen LogP contribution in [0.15, 0.2) is 77.3 Å². The second-order valence-electron chi connectivity index (χ2n) is 10.1. The highest BCUT2D eigenvalue weighted by molar-refractivity contribution is 6.31. The first-order valence-corrected chi connectivity index (χ1v) is 13.4. The number of aryl methyl sites for hydroxylation is 2. The Morgan fingerprint density at radius 3 is 2.56 bits per heavy atom. The fourth-order valence-electron chi connectivity index (χ4n) is 5.58. The monoisotopic (exact) mass is 572 g/mol. The molecule has 0 saturated heterocycles. The fraction of sp³-hybridized carbons (Fsp3) is 0.226. The molecule has 41 heavy (non-hydrogen) atoms. The van der Waals surface area contributed by atoms with Gasteiger partial charge in [0.2, 0.25) is 0 Å². The Morgan fingerprint density at radius 1 is 1.15 bits per heavy atom. The van der Waals surface area contributed by atoms with E-state index in [4.69, 9.17) is 22.1 Å². The number of nitriles is 1. The van der Waals surface area contributed by atoms with Crippen LogP contribution in [0, 0.1) is 41.1 Å². The number of ether oxygens (including phenoxy) is 1. The summed E-state index contributed by atoms with van der Waals surface area (Å²) >= 11 is 6.06. The van der Waals surface area contributed by atoms with Crippen LogP contribution in [0.3, 0.4) is 0 Å². The number of carbonyl (C=O) groups is 1. The molecule has 0 spiro atoms. The molecule has 5 rings (SSSR count). The van der Waals surface area contributed by atoms with E-state index in [-0.39, 0.29) is 52.4 Å². The maximum absolute atomic E-state index is 13.6. The maximum atomic E-state index is 13.6. The number of benzene rings is 3. The Labute approximate surface area is 241 Å². The first kappa shape index (κ1) is 27.9. The van der Waals surface area contributed by atoms with Crippen molar-refractivity contribution in [3.63, 3.8) is 0 Å². The summed E-state index contributed by atoms with van der Waals surface area (Å²) in [6.07, 6.45) is 1.28. The summed E-state index contributed by atoms with van der Waals surface area (Å²) in [5, 5.41) is 22.5. The van der Waals surface area contributed by atoms with Gasteiger partial charge in [-0.05, 0) is 85.3 Å². The largest absolute Gasteiger partial charge is 0.489 e. The molecular formula is C31H26ClFN4O4. The van der Waals surface area contributed by atoms with Crippen molar-refractivity contribution in [3.8, 4) is 11.8 Å². The molecular weight excluding hydrogens is 547 g/mol. The van der Waals surface area contributed by atoms with Crippen molar-refractivity contribution in [2.24, 2.45) is 5.73 Å². The second kappa shape index (κ2) is 11.1. The van der Waals surface area contributed by atoms with Gasteiger partial charge in [0, 0.05) is 28.8 Å². The lowest BCUT2D eigenvalue weighted by molar-refractivity contribution is -0.384. The number of hydrogen-bond donors (Lipinski definition) is 1. The van der Waals surface area contributed by atoms with Gasteiger partial charge in [-0.2, -0.15) is 5.26 Å². The Morgan fingerprint density at radius 2 is 1.88 bits per heavy atom. The number of nitro groups is 1. The number of anilines is 1. The SMILES string of the molecule is Cc1cc(C)c(C2C(C#N)=C(N)N(c3ccc(Cl)cc3[N+](=O)[O-])C3=C2C(=O)CCC3)cc1COc1ccc(F)cc1. The molecule has 0 amide bonds. The Hall–Kier alpha value is -4.68. The number of nitrogens with two attached hydrogens (primary N) is 1. The molecule has 208 valence electrons. The molecule has 0 radical (unpaired) electrons. The van der Waals surface area contributed by atoms with Crippen LogP contribution in [0.5, 0.6) is 5.75 Å². The Bertz CT molecular complexity index is 1690. The average Bonchev–Trinajstić information content (AvgIpc) is 2.93. The third-order valence-electron chi connectivity index (χ3n) is 7.53. The van der Waals surface area contributed by atoms with Crippen LogP contribution >= 0.6 is 11.6 Å². The standard InChI is InChI=1S/C31H26ClFN4O4/c1-17-12-18(2)23(13-19(17)16-41-22-9-7-21(33)8-10-22)29-24(15-34)31(35)36(26-4-3-5-28(38)30(26)29)25-11-6-20(32)14-27(25)37(39)40/h6-14,29H,3-5,16,35H2,1-2H3.